The molecule has 1 N–H and O–H groups in total. The lowest BCUT2D eigenvalue weighted by atomic mass is 9.96. The SMILES string of the molecule is CC(=O)N1CCCC(C(=O)Nc2cc(Cl)cc(CN3CCN(C(=O)C4CCCC4)[C@@H](C)C3)c2C)C1. The van der Waals surface area contributed by atoms with E-state index in [-0.39, 0.29) is 29.7 Å². The van der Waals surface area contributed by atoms with E-state index in [2.05, 4.69) is 22.0 Å². The number of anilines is 1. The van der Waals surface area contributed by atoms with Gasteiger partial charge in [0.1, 0.15) is 0 Å². The van der Waals surface area contributed by atoms with E-state index in [1.54, 1.807) is 11.8 Å². The summed E-state index contributed by atoms with van der Waals surface area (Å²) in [5, 5.41) is 3.68. The fraction of sp³-hybridized carbons (Fsp3) is 0.667. The molecule has 7 nitrogen and oxygen atoms in total. The van der Waals surface area contributed by atoms with E-state index in [9.17, 15) is 14.4 Å². The fourth-order valence-corrected chi connectivity index (χ4v) is 6.13. The van der Waals surface area contributed by atoms with Crippen molar-refractivity contribution in [3.05, 3.63) is 28.3 Å². The van der Waals surface area contributed by atoms with Crippen molar-refractivity contribution < 1.29 is 14.4 Å². The van der Waals surface area contributed by atoms with Crippen molar-refractivity contribution in [3.8, 4) is 0 Å². The number of nitrogens with one attached hydrogen (secondary N) is 1. The van der Waals surface area contributed by atoms with E-state index >= 15 is 0 Å². The molecule has 2 atom stereocenters. The van der Waals surface area contributed by atoms with Crippen molar-refractivity contribution in [3.63, 3.8) is 0 Å². The Morgan fingerprint density at radius 1 is 1.00 bits per heavy atom. The van der Waals surface area contributed by atoms with Gasteiger partial charge in [-0.1, -0.05) is 24.4 Å². The quantitative estimate of drug-likeness (QED) is 0.658. The first-order valence-corrected chi connectivity index (χ1v) is 13.5. The molecule has 2 saturated heterocycles. The highest BCUT2D eigenvalue weighted by atomic mass is 35.5. The van der Waals surface area contributed by atoms with Crippen LogP contribution in [0, 0.1) is 18.8 Å². The zero-order chi connectivity index (χ0) is 25.1. The van der Waals surface area contributed by atoms with E-state index in [4.69, 9.17) is 11.6 Å². The lowest BCUT2D eigenvalue weighted by Crippen LogP contribution is -2.54. The van der Waals surface area contributed by atoms with Crippen LogP contribution in [-0.4, -0.2) is 71.2 Å². The molecule has 0 spiro atoms. The van der Waals surface area contributed by atoms with Crippen LogP contribution < -0.4 is 5.32 Å². The maximum atomic E-state index is 13.0. The number of amides is 3. The first kappa shape index (κ1) is 26.0. The molecule has 2 aliphatic heterocycles. The lowest BCUT2D eigenvalue weighted by Gasteiger charge is -2.41. The molecule has 192 valence electrons. The van der Waals surface area contributed by atoms with Crippen molar-refractivity contribution in [1.82, 2.24) is 14.7 Å². The number of carbonyl (C=O) groups excluding carboxylic acids is 3. The summed E-state index contributed by atoms with van der Waals surface area (Å²) in [6.07, 6.45) is 6.04. The van der Waals surface area contributed by atoms with Gasteiger partial charge in [-0.05, 0) is 62.8 Å². The van der Waals surface area contributed by atoms with Crippen LogP contribution in [0.4, 0.5) is 5.69 Å². The summed E-state index contributed by atoms with van der Waals surface area (Å²) >= 11 is 6.46. The summed E-state index contributed by atoms with van der Waals surface area (Å²) in [4.78, 5) is 43.9. The molecule has 8 heteroatoms. The summed E-state index contributed by atoms with van der Waals surface area (Å²) in [6, 6.07) is 3.97. The first-order chi connectivity index (χ1) is 16.7. The highest BCUT2D eigenvalue weighted by Crippen LogP contribution is 2.30. The minimum atomic E-state index is -0.208. The van der Waals surface area contributed by atoms with Crippen LogP contribution in [0.1, 0.15) is 63.5 Å². The minimum Gasteiger partial charge on any atom is -0.342 e. The highest BCUT2D eigenvalue weighted by molar-refractivity contribution is 6.31. The van der Waals surface area contributed by atoms with Gasteiger partial charge in [0.2, 0.25) is 17.7 Å². The summed E-state index contributed by atoms with van der Waals surface area (Å²) in [6.45, 7) is 10.1. The largest absolute Gasteiger partial charge is 0.342 e. The molecular formula is C27H39ClN4O3. The Morgan fingerprint density at radius 3 is 2.40 bits per heavy atom. The number of carbonyl (C=O) groups is 3. The van der Waals surface area contributed by atoms with Gasteiger partial charge < -0.3 is 15.1 Å². The van der Waals surface area contributed by atoms with E-state index in [1.165, 1.54) is 12.8 Å². The maximum Gasteiger partial charge on any atom is 0.229 e. The second-order valence-corrected chi connectivity index (χ2v) is 11.1. The zero-order valence-electron chi connectivity index (χ0n) is 21.3. The minimum absolute atomic E-state index is 0.0167. The van der Waals surface area contributed by atoms with Crippen molar-refractivity contribution in [1.29, 1.82) is 0 Å². The Hall–Kier alpha value is -2.12. The van der Waals surface area contributed by atoms with Gasteiger partial charge in [-0.3, -0.25) is 19.3 Å². The third-order valence-electron chi connectivity index (χ3n) is 8.07. The maximum absolute atomic E-state index is 13.0. The molecule has 1 aliphatic carbocycles. The molecule has 3 aliphatic rings. The van der Waals surface area contributed by atoms with Gasteiger partial charge in [0, 0.05) is 68.9 Å². The third-order valence-corrected chi connectivity index (χ3v) is 8.29. The normalized spacial score (nSPS) is 24.0. The number of nitrogens with zero attached hydrogens (tertiary/aromatic N) is 3. The molecule has 0 aromatic heterocycles. The van der Waals surface area contributed by atoms with Gasteiger partial charge >= 0.3 is 0 Å². The Balaban J connectivity index is 1.38. The summed E-state index contributed by atoms with van der Waals surface area (Å²) in [5.41, 5.74) is 2.84. The molecule has 0 bridgehead atoms. The van der Waals surface area contributed by atoms with Crippen LogP contribution in [0.25, 0.3) is 0 Å². The number of piperidine rings is 1. The van der Waals surface area contributed by atoms with Crippen molar-refractivity contribution in [2.75, 3.05) is 38.0 Å². The Labute approximate surface area is 214 Å². The molecular weight excluding hydrogens is 464 g/mol. The van der Waals surface area contributed by atoms with Gasteiger partial charge in [0.05, 0.1) is 5.92 Å². The average molecular weight is 503 g/mol. The number of halogens is 1. The number of hydrogen-bond acceptors (Lipinski definition) is 4. The van der Waals surface area contributed by atoms with Crippen LogP contribution >= 0.6 is 11.6 Å². The second kappa shape index (κ2) is 11.3. The molecule has 1 unspecified atom stereocenters. The summed E-state index contributed by atoms with van der Waals surface area (Å²) in [7, 11) is 0. The molecule has 1 aromatic carbocycles. The van der Waals surface area contributed by atoms with Crippen molar-refractivity contribution >= 4 is 35.0 Å². The Kier molecular flexibility index (Phi) is 8.38. The number of piperazine rings is 1. The van der Waals surface area contributed by atoms with Crippen LogP contribution in [-0.2, 0) is 20.9 Å². The van der Waals surface area contributed by atoms with Crippen molar-refractivity contribution in [2.45, 2.75) is 71.9 Å². The van der Waals surface area contributed by atoms with Gasteiger partial charge in [-0.2, -0.15) is 0 Å². The topological polar surface area (TPSA) is 73.0 Å². The summed E-state index contributed by atoms with van der Waals surface area (Å²) in [5.74, 6) is 0.311. The number of hydrogen-bond donors (Lipinski definition) is 1. The molecule has 0 radical (unpaired) electrons. The van der Waals surface area contributed by atoms with Crippen LogP contribution in [0.15, 0.2) is 12.1 Å². The standard InChI is InChI=1S/C27H39ClN4O3/c1-18-15-30(11-12-32(18)27(35)21-7-4-5-8-21)16-23-13-24(28)14-25(19(23)2)29-26(34)22-9-6-10-31(17-22)20(3)33/h13-14,18,21-22H,4-12,15-17H2,1-3H3,(H,29,34)/t18-,22?/m0/s1. The Morgan fingerprint density at radius 2 is 1.71 bits per heavy atom. The average Bonchev–Trinajstić information content (AvgIpc) is 3.37. The Bertz CT molecular complexity index is 962. The van der Waals surface area contributed by atoms with Crippen LogP contribution in [0.2, 0.25) is 5.02 Å². The van der Waals surface area contributed by atoms with Crippen LogP contribution in [0.5, 0.6) is 0 Å². The van der Waals surface area contributed by atoms with Gasteiger partial charge in [-0.25, -0.2) is 0 Å². The van der Waals surface area contributed by atoms with Gasteiger partial charge in [-0.15, -0.1) is 0 Å². The molecule has 3 amide bonds. The van der Waals surface area contributed by atoms with E-state index in [1.807, 2.05) is 19.1 Å². The lowest BCUT2D eigenvalue weighted by molar-refractivity contribution is -0.140. The predicted molar refractivity (Wildman–Crippen MR) is 138 cm³/mol. The fourth-order valence-electron chi connectivity index (χ4n) is 5.89. The van der Waals surface area contributed by atoms with E-state index in [0.717, 1.165) is 75.2 Å². The van der Waals surface area contributed by atoms with Gasteiger partial charge in [0.15, 0.2) is 0 Å². The smallest absolute Gasteiger partial charge is 0.229 e. The molecule has 35 heavy (non-hydrogen) atoms. The van der Waals surface area contributed by atoms with Crippen LogP contribution in [0.3, 0.4) is 0 Å². The highest BCUT2D eigenvalue weighted by Gasteiger charge is 2.33. The molecule has 2 heterocycles. The third kappa shape index (κ3) is 6.18. The molecule has 3 fully saturated rings. The number of likely N-dealkylation sites (tertiary alicyclic amines) is 1. The first-order valence-electron chi connectivity index (χ1n) is 13.1. The molecule has 1 aromatic rings. The molecule has 1 saturated carbocycles. The predicted octanol–water partition coefficient (Wildman–Crippen LogP) is 4.07. The molecule has 4 rings (SSSR count). The number of rotatable bonds is 5. The van der Waals surface area contributed by atoms with E-state index < -0.39 is 0 Å². The number of benzene rings is 1. The monoisotopic (exact) mass is 502 g/mol. The second-order valence-electron chi connectivity index (χ2n) is 10.6. The van der Waals surface area contributed by atoms with E-state index in [0.29, 0.717) is 17.5 Å². The summed E-state index contributed by atoms with van der Waals surface area (Å²) < 4.78 is 0. The zero-order valence-corrected chi connectivity index (χ0v) is 22.1. The van der Waals surface area contributed by atoms with Gasteiger partial charge in [0.25, 0.3) is 0 Å². The van der Waals surface area contributed by atoms with Crippen molar-refractivity contribution in [2.24, 2.45) is 11.8 Å².